The summed E-state index contributed by atoms with van der Waals surface area (Å²) >= 11 is 0. The van der Waals surface area contributed by atoms with Crippen molar-refractivity contribution < 1.29 is 9.90 Å². The van der Waals surface area contributed by atoms with E-state index in [9.17, 15) is 9.90 Å². The van der Waals surface area contributed by atoms with Gasteiger partial charge >= 0.3 is 5.97 Å². The lowest BCUT2D eigenvalue weighted by Crippen LogP contribution is -2.54. The van der Waals surface area contributed by atoms with Crippen LogP contribution in [-0.2, 0) is 4.79 Å². The predicted molar refractivity (Wildman–Crippen MR) is 85.5 cm³/mol. The normalized spacial score (nSPS) is 28.6. The molecule has 0 amide bonds. The molecule has 1 saturated carbocycles. The fourth-order valence-electron chi connectivity index (χ4n) is 3.64. The molecule has 0 spiro atoms. The number of nitrogens with zero attached hydrogens (tertiary/aromatic N) is 1. The minimum Gasteiger partial charge on any atom is -0.480 e. The maximum atomic E-state index is 11.7. The average Bonchev–Trinajstić information content (AvgIpc) is 3.24. The Labute approximate surface area is 129 Å². The Morgan fingerprint density at radius 2 is 2.05 bits per heavy atom. The molecule has 2 rings (SSSR count). The van der Waals surface area contributed by atoms with Gasteiger partial charge in [0.2, 0.25) is 0 Å². The Kier molecular flexibility index (Phi) is 5.67. The van der Waals surface area contributed by atoms with Gasteiger partial charge in [-0.05, 0) is 71.4 Å². The number of aliphatic carboxylic acids is 1. The number of likely N-dealkylation sites (tertiary alicyclic amines) is 1. The van der Waals surface area contributed by atoms with Crippen LogP contribution in [-0.4, -0.2) is 46.7 Å². The van der Waals surface area contributed by atoms with Crippen LogP contribution in [0.4, 0.5) is 0 Å². The summed E-state index contributed by atoms with van der Waals surface area (Å²) in [4.78, 5) is 14.2. The van der Waals surface area contributed by atoms with Crippen molar-refractivity contribution in [3.05, 3.63) is 0 Å². The second kappa shape index (κ2) is 7.10. The van der Waals surface area contributed by atoms with Crippen LogP contribution in [0.1, 0.15) is 65.7 Å². The minimum atomic E-state index is -0.781. The van der Waals surface area contributed by atoms with Crippen molar-refractivity contribution in [3.63, 3.8) is 0 Å². The molecule has 4 nitrogen and oxygen atoms in total. The van der Waals surface area contributed by atoms with Crippen LogP contribution in [0.3, 0.4) is 0 Å². The Bertz CT molecular complexity index is 357. The van der Waals surface area contributed by atoms with Gasteiger partial charge < -0.3 is 10.0 Å². The summed E-state index contributed by atoms with van der Waals surface area (Å²) in [7, 11) is 0. The summed E-state index contributed by atoms with van der Waals surface area (Å²) < 4.78 is 0. The molecule has 2 fully saturated rings. The van der Waals surface area contributed by atoms with Crippen LogP contribution in [0, 0.1) is 5.92 Å². The van der Waals surface area contributed by atoms with Gasteiger partial charge in [-0.1, -0.05) is 13.3 Å². The van der Waals surface area contributed by atoms with Crippen molar-refractivity contribution in [3.8, 4) is 0 Å². The van der Waals surface area contributed by atoms with Gasteiger partial charge in [-0.15, -0.1) is 0 Å². The van der Waals surface area contributed by atoms with E-state index in [1.54, 1.807) is 0 Å². The molecule has 0 bridgehead atoms. The molecule has 4 heteroatoms. The third-order valence-corrected chi connectivity index (χ3v) is 5.36. The lowest BCUT2D eigenvalue weighted by atomic mass is 9.92. The molecule has 0 aromatic rings. The van der Waals surface area contributed by atoms with Crippen LogP contribution in [0.5, 0.6) is 0 Å². The molecule has 1 aliphatic carbocycles. The zero-order valence-corrected chi connectivity index (χ0v) is 13.9. The van der Waals surface area contributed by atoms with Crippen molar-refractivity contribution in [2.45, 2.75) is 83.3 Å². The summed E-state index contributed by atoms with van der Waals surface area (Å²) in [5.74, 6) is 0.153. The monoisotopic (exact) mass is 296 g/mol. The van der Waals surface area contributed by atoms with E-state index in [4.69, 9.17) is 0 Å². The standard InChI is InChI=1S/C17H32N2O2/c1-4-14-6-5-10-19(11-9-14)13(2)12-17(3,16(20)21)18-15-7-8-15/h13-15,18H,4-12H2,1-3H3,(H,20,21). The first-order valence-electron chi connectivity index (χ1n) is 8.69. The fraction of sp³-hybridized carbons (Fsp3) is 0.941. The van der Waals surface area contributed by atoms with Gasteiger partial charge in [-0.25, -0.2) is 0 Å². The lowest BCUT2D eigenvalue weighted by molar-refractivity contribution is -0.145. The first-order valence-corrected chi connectivity index (χ1v) is 8.69. The van der Waals surface area contributed by atoms with Gasteiger partial charge in [0.1, 0.15) is 5.54 Å². The average molecular weight is 296 g/mol. The van der Waals surface area contributed by atoms with Gasteiger partial charge in [0.25, 0.3) is 0 Å². The molecule has 0 aromatic heterocycles. The maximum Gasteiger partial charge on any atom is 0.323 e. The summed E-state index contributed by atoms with van der Waals surface area (Å²) in [6, 6.07) is 0.750. The Morgan fingerprint density at radius 3 is 2.62 bits per heavy atom. The summed E-state index contributed by atoms with van der Waals surface area (Å²) in [5, 5.41) is 13.0. The highest BCUT2D eigenvalue weighted by Crippen LogP contribution is 2.28. The molecule has 3 unspecified atom stereocenters. The number of hydrogen-bond acceptors (Lipinski definition) is 3. The van der Waals surface area contributed by atoms with Gasteiger partial charge in [-0.3, -0.25) is 10.1 Å². The molecule has 122 valence electrons. The zero-order chi connectivity index (χ0) is 15.5. The van der Waals surface area contributed by atoms with Crippen molar-refractivity contribution in [1.82, 2.24) is 10.2 Å². The largest absolute Gasteiger partial charge is 0.480 e. The van der Waals surface area contributed by atoms with Crippen LogP contribution >= 0.6 is 0 Å². The van der Waals surface area contributed by atoms with E-state index in [2.05, 4.69) is 24.1 Å². The van der Waals surface area contributed by atoms with Crippen LogP contribution in [0.2, 0.25) is 0 Å². The van der Waals surface area contributed by atoms with Gasteiger partial charge in [0.05, 0.1) is 0 Å². The Morgan fingerprint density at radius 1 is 1.33 bits per heavy atom. The predicted octanol–water partition coefficient (Wildman–Crippen LogP) is 2.87. The first-order chi connectivity index (χ1) is 9.94. The van der Waals surface area contributed by atoms with Gasteiger partial charge in [-0.2, -0.15) is 0 Å². The summed E-state index contributed by atoms with van der Waals surface area (Å²) in [6.45, 7) is 8.58. The van der Waals surface area contributed by atoms with E-state index in [1.807, 2.05) is 6.92 Å². The zero-order valence-electron chi connectivity index (χ0n) is 13.9. The molecular formula is C17H32N2O2. The molecule has 21 heavy (non-hydrogen) atoms. The summed E-state index contributed by atoms with van der Waals surface area (Å²) in [6.07, 6.45) is 8.06. The number of hydrogen-bond donors (Lipinski definition) is 2. The molecular weight excluding hydrogens is 264 g/mol. The SMILES string of the molecule is CCC1CCCN(C(C)CC(C)(NC2CC2)C(=O)O)CC1. The van der Waals surface area contributed by atoms with Crippen LogP contribution < -0.4 is 5.32 Å². The number of rotatable bonds is 7. The number of carboxylic acids is 1. The maximum absolute atomic E-state index is 11.7. The molecule has 1 saturated heterocycles. The number of nitrogens with one attached hydrogen (secondary N) is 1. The molecule has 0 radical (unpaired) electrons. The number of carboxylic acid groups (broad SMARTS) is 1. The van der Waals surface area contributed by atoms with Crippen LogP contribution in [0.15, 0.2) is 0 Å². The summed E-state index contributed by atoms with van der Waals surface area (Å²) in [5.41, 5.74) is -0.781. The van der Waals surface area contributed by atoms with E-state index >= 15 is 0 Å². The van der Waals surface area contributed by atoms with E-state index in [-0.39, 0.29) is 0 Å². The molecule has 1 aliphatic heterocycles. The van der Waals surface area contributed by atoms with E-state index in [1.165, 1.54) is 25.7 Å². The molecule has 3 atom stereocenters. The van der Waals surface area contributed by atoms with Crippen molar-refractivity contribution in [2.24, 2.45) is 5.92 Å². The molecule has 2 aliphatic rings. The second-order valence-corrected chi connectivity index (χ2v) is 7.35. The lowest BCUT2D eigenvalue weighted by Gasteiger charge is -2.35. The quantitative estimate of drug-likeness (QED) is 0.758. The highest BCUT2D eigenvalue weighted by atomic mass is 16.4. The van der Waals surface area contributed by atoms with Gasteiger partial charge in [0, 0.05) is 12.1 Å². The van der Waals surface area contributed by atoms with Crippen molar-refractivity contribution >= 4 is 5.97 Å². The Balaban J connectivity index is 1.91. The third-order valence-electron chi connectivity index (χ3n) is 5.36. The topological polar surface area (TPSA) is 52.6 Å². The van der Waals surface area contributed by atoms with E-state index < -0.39 is 11.5 Å². The second-order valence-electron chi connectivity index (χ2n) is 7.35. The van der Waals surface area contributed by atoms with Gasteiger partial charge in [0.15, 0.2) is 0 Å². The van der Waals surface area contributed by atoms with E-state index in [0.717, 1.165) is 31.8 Å². The molecule has 0 aromatic carbocycles. The highest BCUT2D eigenvalue weighted by molar-refractivity contribution is 5.78. The fourth-order valence-corrected chi connectivity index (χ4v) is 3.64. The number of carbonyl (C=O) groups is 1. The molecule has 2 N–H and O–H groups in total. The Hall–Kier alpha value is -0.610. The molecule has 1 heterocycles. The van der Waals surface area contributed by atoms with Crippen molar-refractivity contribution in [1.29, 1.82) is 0 Å². The first kappa shape index (κ1) is 16.8. The van der Waals surface area contributed by atoms with Crippen molar-refractivity contribution in [2.75, 3.05) is 13.1 Å². The minimum absolute atomic E-state index is 0.327. The third kappa shape index (κ3) is 4.68. The smallest absolute Gasteiger partial charge is 0.323 e. The van der Waals surface area contributed by atoms with Crippen LogP contribution in [0.25, 0.3) is 0 Å². The van der Waals surface area contributed by atoms with E-state index in [0.29, 0.717) is 18.5 Å². The highest BCUT2D eigenvalue weighted by Gasteiger charge is 2.40.